The second-order valence-corrected chi connectivity index (χ2v) is 1.93. The van der Waals surface area contributed by atoms with Gasteiger partial charge >= 0.3 is 0 Å². The summed E-state index contributed by atoms with van der Waals surface area (Å²) in [5, 5.41) is 0. The van der Waals surface area contributed by atoms with Crippen LogP contribution < -0.4 is 0 Å². The number of hydrogen-bond donors (Lipinski definition) is 0. The average Bonchev–Trinajstić information content (AvgIpc) is 2.33. The molecular formula is C9H10. The van der Waals surface area contributed by atoms with Gasteiger partial charge in [0.2, 0.25) is 0 Å². The van der Waals surface area contributed by atoms with Gasteiger partial charge in [-0.2, -0.15) is 0 Å². The van der Waals surface area contributed by atoms with Gasteiger partial charge in [-0.15, -0.1) is 0 Å². The summed E-state index contributed by atoms with van der Waals surface area (Å²) in [6.07, 6.45) is 10.1. The van der Waals surface area contributed by atoms with Gasteiger partial charge in [-0.25, -0.2) is 0 Å². The van der Waals surface area contributed by atoms with Crippen molar-refractivity contribution in [2.24, 2.45) is 0 Å². The normalized spacial score (nSPS) is 20.6. The molecule has 0 N–H and O–H groups in total. The van der Waals surface area contributed by atoms with Crippen LogP contribution >= 0.6 is 0 Å². The Labute approximate surface area is 55.9 Å². The average molecular weight is 118 g/mol. The zero-order valence-electron chi connectivity index (χ0n) is 5.59. The third kappa shape index (κ3) is 1.02. The maximum atomic E-state index is 3.69. The molecule has 0 aromatic heterocycles. The van der Waals surface area contributed by atoms with Crippen LogP contribution in [0.25, 0.3) is 0 Å². The second-order valence-electron chi connectivity index (χ2n) is 1.93. The van der Waals surface area contributed by atoms with Crippen molar-refractivity contribution < 1.29 is 0 Å². The van der Waals surface area contributed by atoms with Crippen LogP contribution in [-0.2, 0) is 0 Å². The van der Waals surface area contributed by atoms with E-state index in [2.05, 4.69) is 24.8 Å². The fourth-order valence-corrected chi connectivity index (χ4v) is 0.897. The van der Waals surface area contributed by atoms with E-state index in [4.69, 9.17) is 0 Å². The molecule has 0 aliphatic heterocycles. The van der Waals surface area contributed by atoms with Crippen molar-refractivity contribution >= 4 is 0 Å². The molecule has 0 spiro atoms. The Morgan fingerprint density at radius 1 is 1.56 bits per heavy atom. The summed E-state index contributed by atoms with van der Waals surface area (Å²) < 4.78 is 0. The third-order valence-electron chi connectivity index (χ3n) is 1.42. The van der Waals surface area contributed by atoms with Crippen LogP contribution in [0.5, 0.6) is 0 Å². The standard InChI is InChI=1S/C9H10/c1-3-8-6-5-7-9(8)4-2/h3-7H,1H2,2H3/b9-4+. The number of rotatable bonds is 1. The van der Waals surface area contributed by atoms with Crippen molar-refractivity contribution in [3.63, 3.8) is 0 Å². The number of allylic oxidation sites excluding steroid dienone is 7. The van der Waals surface area contributed by atoms with E-state index in [0.717, 1.165) is 0 Å². The smallest absolute Gasteiger partial charge is 0.0193 e. The van der Waals surface area contributed by atoms with E-state index in [1.54, 1.807) is 0 Å². The van der Waals surface area contributed by atoms with E-state index in [9.17, 15) is 0 Å². The Bertz CT molecular complexity index is 202. The first kappa shape index (κ1) is 6.09. The van der Waals surface area contributed by atoms with Gasteiger partial charge in [-0.3, -0.25) is 0 Å². The molecule has 0 aromatic rings. The molecule has 0 aromatic carbocycles. The Kier molecular flexibility index (Phi) is 1.69. The highest BCUT2D eigenvalue weighted by molar-refractivity contribution is 5.52. The molecule has 0 amide bonds. The van der Waals surface area contributed by atoms with Gasteiger partial charge in [0, 0.05) is 0 Å². The van der Waals surface area contributed by atoms with Crippen LogP contribution in [0.4, 0.5) is 0 Å². The summed E-state index contributed by atoms with van der Waals surface area (Å²) >= 11 is 0. The first-order valence-corrected chi connectivity index (χ1v) is 3.06. The number of hydrogen-bond acceptors (Lipinski definition) is 0. The zero-order valence-corrected chi connectivity index (χ0v) is 5.59. The molecule has 1 aliphatic carbocycles. The first-order valence-electron chi connectivity index (χ1n) is 3.06. The summed E-state index contributed by atoms with van der Waals surface area (Å²) in [5.41, 5.74) is 2.49. The minimum Gasteiger partial charge on any atom is -0.0984 e. The Hall–Kier alpha value is -1.04. The lowest BCUT2D eigenvalue weighted by atomic mass is 10.1. The van der Waals surface area contributed by atoms with Gasteiger partial charge in [0.1, 0.15) is 0 Å². The molecule has 46 valence electrons. The van der Waals surface area contributed by atoms with Gasteiger partial charge < -0.3 is 0 Å². The molecule has 1 aliphatic rings. The molecule has 0 heteroatoms. The fraction of sp³-hybridized carbons (Fsp3) is 0.111. The first-order chi connectivity index (χ1) is 4.38. The SMILES string of the molecule is C=CC1=CC=C/C1=C\C. The van der Waals surface area contributed by atoms with E-state index in [0.29, 0.717) is 0 Å². The largest absolute Gasteiger partial charge is 0.0984 e. The topological polar surface area (TPSA) is 0 Å². The van der Waals surface area contributed by atoms with Gasteiger partial charge in [0.15, 0.2) is 0 Å². The van der Waals surface area contributed by atoms with Crippen LogP contribution in [-0.4, -0.2) is 0 Å². The molecule has 0 heterocycles. The molecule has 9 heavy (non-hydrogen) atoms. The minimum absolute atomic E-state index is 1.22. The van der Waals surface area contributed by atoms with E-state index in [1.807, 2.05) is 19.1 Å². The molecule has 0 saturated carbocycles. The van der Waals surface area contributed by atoms with Crippen molar-refractivity contribution in [1.29, 1.82) is 0 Å². The summed E-state index contributed by atoms with van der Waals surface area (Å²) in [6.45, 7) is 5.72. The summed E-state index contributed by atoms with van der Waals surface area (Å²) in [7, 11) is 0. The Balaban J connectivity index is 2.91. The van der Waals surface area contributed by atoms with Crippen LogP contribution in [0.3, 0.4) is 0 Å². The molecule has 0 fully saturated rings. The van der Waals surface area contributed by atoms with Crippen molar-refractivity contribution in [3.05, 3.63) is 48.1 Å². The summed E-state index contributed by atoms with van der Waals surface area (Å²) in [5.74, 6) is 0. The van der Waals surface area contributed by atoms with Crippen molar-refractivity contribution in [2.75, 3.05) is 0 Å². The molecule has 0 bridgehead atoms. The Morgan fingerprint density at radius 3 is 2.78 bits per heavy atom. The molecule has 0 unspecified atom stereocenters. The van der Waals surface area contributed by atoms with Gasteiger partial charge in [-0.1, -0.05) is 37.0 Å². The second kappa shape index (κ2) is 2.49. The van der Waals surface area contributed by atoms with Gasteiger partial charge in [0.05, 0.1) is 0 Å². The van der Waals surface area contributed by atoms with Crippen LogP contribution in [0.1, 0.15) is 6.92 Å². The van der Waals surface area contributed by atoms with Gasteiger partial charge in [-0.05, 0) is 18.1 Å². The summed E-state index contributed by atoms with van der Waals surface area (Å²) in [6, 6.07) is 0. The van der Waals surface area contributed by atoms with Crippen molar-refractivity contribution in [2.45, 2.75) is 6.92 Å². The molecule has 1 rings (SSSR count). The summed E-state index contributed by atoms with van der Waals surface area (Å²) in [4.78, 5) is 0. The zero-order chi connectivity index (χ0) is 6.69. The highest BCUT2D eigenvalue weighted by Gasteiger charge is 1.98. The van der Waals surface area contributed by atoms with Crippen LogP contribution in [0.15, 0.2) is 48.1 Å². The van der Waals surface area contributed by atoms with Gasteiger partial charge in [0.25, 0.3) is 0 Å². The quantitative estimate of drug-likeness (QED) is 0.496. The maximum absolute atomic E-state index is 3.69. The molecule has 0 saturated heterocycles. The maximum Gasteiger partial charge on any atom is -0.0193 e. The highest BCUT2D eigenvalue weighted by Crippen LogP contribution is 2.17. The van der Waals surface area contributed by atoms with Crippen molar-refractivity contribution in [1.82, 2.24) is 0 Å². The van der Waals surface area contributed by atoms with E-state index < -0.39 is 0 Å². The van der Waals surface area contributed by atoms with Crippen LogP contribution in [0, 0.1) is 0 Å². The molecule has 0 nitrogen and oxygen atoms in total. The van der Waals surface area contributed by atoms with Crippen molar-refractivity contribution in [3.8, 4) is 0 Å². The predicted octanol–water partition coefficient (Wildman–Crippen LogP) is 2.61. The van der Waals surface area contributed by atoms with Crippen LogP contribution in [0.2, 0.25) is 0 Å². The molecule has 0 atom stereocenters. The Morgan fingerprint density at radius 2 is 2.33 bits per heavy atom. The molecule has 0 radical (unpaired) electrons. The van der Waals surface area contributed by atoms with E-state index >= 15 is 0 Å². The fourth-order valence-electron chi connectivity index (χ4n) is 0.897. The molecular weight excluding hydrogens is 108 g/mol. The van der Waals surface area contributed by atoms with E-state index in [-0.39, 0.29) is 0 Å². The monoisotopic (exact) mass is 118 g/mol. The lowest BCUT2D eigenvalue weighted by Crippen LogP contribution is -1.73. The van der Waals surface area contributed by atoms with E-state index in [1.165, 1.54) is 11.1 Å². The highest BCUT2D eigenvalue weighted by atomic mass is 14.0. The third-order valence-corrected chi connectivity index (χ3v) is 1.42. The predicted molar refractivity (Wildman–Crippen MR) is 41.2 cm³/mol. The lowest BCUT2D eigenvalue weighted by Gasteiger charge is -1.93. The lowest BCUT2D eigenvalue weighted by molar-refractivity contribution is 1.55. The minimum atomic E-state index is 1.22.